The summed E-state index contributed by atoms with van der Waals surface area (Å²) in [5, 5.41) is 5.60. The van der Waals surface area contributed by atoms with Gasteiger partial charge in [0.2, 0.25) is 0 Å². The van der Waals surface area contributed by atoms with Gasteiger partial charge in [0.1, 0.15) is 5.75 Å². The number of methoxy groups -OCH3 is 1. The second-order valence-corrected chi connectivity index (χ2v) is 4.73. The third-order valence-corrected chi connectivity index (χ3v) is 2.67. The Morgan fingerprint density at radius 1 is 1.20 bits per heavy atom. The predicted molar refractivity (Wildman–Crippen MR) is 78.9 cm³/mol. The standard InChI is InChI=1S/C15H24N2O3/c1-12(2)20-10-4-9-16-15(18)17-11-13-5-7-14(19-3)8-6-13/h5-8,12H,4,9-11H2,1-3H3,(H2,16,17,18). The molecule has 0 spiro atoms. The molecule has 2 amide bonds. The van der Waals surface area contributed by atoms with Crippen LogP contribution in [0.2, 0.25) is 0 Å². The van der Waals surface area contributed by atoms with Crippen molar-refractivity contribution in [3.05, 3.63) is 29.8 Å². The van der Waals surface area contributed by atoms with Gasteiger partial charge in [0.25, 0.3) is 0 Å². The summed E-state index contributed by atoms with van der Waals surface area (Å²) in [7, 11) is 1.63. The molecule has 20 heavy (non-hydrogen) atoms. The van der Waals surface area contributed by atoms with E-state index >= 15 is 0 Å². The predicted octanol–water partition coefficient (Wildman–Crippen LogP) is 2.31. The lowest BCUT2D eigenvalue weighted by molar-refractivity contribution is 0.0774. The van der Waals surface area contributed by atoms with Crippen LogP contribution < -0.4 is 15.4 Å². The number of carbonyl (C=O) groups excluding carboxylic acids is 1. The van der Waals surface area contributed by atoms with Crippen LogP contribution in [0, 0.1) is 0 Å². The van der Waals surface area contributed by atoms with E-state index in [9.17, 15) is 4.79 Å². The zero-order chi connectivity index (χ0) is 14.8. The van der Waals surface area contributed by atoms with Gasteiger partial charge in [-0.05, 0) is 38.0 Å². The third kappa shape index (κ3) is 6.99. The first-order chi connectivity index (χ1) is 9.61. The lowest BCUT2D eigenvalue weighted by Gasteiger charge is -2.09. The molecule has 0 aliphatic rings. The Hall–Kier alpha value is -1.75. The molecule has 0 radical (unpaired) electrons. The molecule has 0 fully saturated rings. The SMILES string of the molecule is COc1ccc(CNC(=O)NCCCOC(C)C)cc1. The molecule has 0 saturated carbocycles. The zero-order valence-corrected chi connectivity index (χ0v) is 12.4. The van der Waals surface area contributed by atoms with Crippen molar-refractivity contribution in [1.29, 1.82) is 0 Å². The van der Waals surface area contributed by atoms with Gasteiger partial charge >= 0.3 is 6.03 Å². The number of nitrogens with one attached hydrogen (secondary N) is 2. The number of urea groups is 1. The van der Waals surface area contributed by atoms with Crippen molar-refractivity contribution in [3.8, 4) is 5.75 Å². The molecule has 5 nitrogen and oxygen atoms in total. The van der Waals surface area contributed by atoms with Gasteiger partial charge in [-0.2, -0.15) is 0 Å². The van der Waals surface area contributed by atoms with Gasteiger partial charge in [0.05, 0.1) is 13.2 Å². The van der Waals surface area contributed by atoms with Gasteiger partial charge in [0.15, 0.2) is 0 Å². The summed E-state index contributed by atoms with van der Waals surface area (Å²) in [5.41, 5.74) is 1.03. The molecule has 1 aromatic carbocycles. The quantitative estimate of drug-likeness (QED) is 0.718. The van der Waals surface area contributed by atoms with E-state index in [4.69, 9.17) is 9.47 Å². The van der Waals surface area contributed by atoms with Crippen LogP contribution in [-0.2, 0) is 11.3 Å². The fraction of sp³-hybridized carbons (Fsp3) is 0.533. The van der Waals surface area contributed by atoms with Crippen LogP contribution in [0.15, 0.2) is 24.3 Å². The van der Waals surface area contributed by atoms with Crippen LogP contribution >= 0.6 is 0 Å². The van der Waals surface area contributed by atoms with Crippen LogP contribution in [0.3, 0.4) is 0 Å². The Bertz CT molecular complexity index is 391. The first-order valence-corrected chi connectivity index (χ1v) is 6.88. The summed E-state index contributed by atoms with van der Waals surface area (Å²) in [6.07, 6.45) is 1.05. The van der Waals surface area contributed by atoms with Crippen LogP contribution in [0.1, 0.15) is 25.8 Å². The van der Waals surface area contributed by atoms with E-state index in [1.54, 1.807) is 7.11 Å². The molecule has 0 atom stereocenters. The van der Waals surface area contributed by atoms with Crippen molar-refractivity contribution in [3.63, 3.8) is 0 Å². The van der Waals surface area contributed by atoms with E-state index in [1.165, 1.54) is 0 Å². The number of amides is 2. The van der Waals surface area contributed by atoms with Crippen molar-refractivity contribution in [1.82, 2.24) is 10.6 Å². The number of benzene rings is 1. The molecule has 1 aromatic rings. The number of carbonyl (C=O) groups is 1. The number of hydrogen-bond acceptors (Lipinski definition) is 3. The van der Waals surface area contributed by atoms with E-state index in [-0.39, 0.29) is 12.1 Å². The van der Waals surface area contributed by atoms with E-state index in [1.807, 2.05) is 38.1 Å². The lowest BCUT2D eigenvalue weighted by atomic mass is 10.2. The second-order valence-electron chi connectivity index (χ2n) is 4.73. The molecule has 2 N–H and O–H groups in total. The Kier molecular flexibility index (Phi) is 7.50. The van der Waals surface area contributed by atoms with Crippen molar-refractivity contribution >= 4 is 6.03 Å². The minimum absolute atomic E-state index is 0.162. The van der Waals surface area contributed by atoms with Crippen LogP contribution in [0.4, 0.5) is 4.79 Å². The molecule has 0 aliphatic carbocycles. The summed E-state index contributed by atoms with van der Waals surface area (Å²) >= 11 is 0. The van der Waals surface area contributed by atoms with Gasteiger partial charge < -0.3 is 20.1 Å². The molecular weight excluding hydrogens is 256 g/mol. The second kappa shape index (κ2) is 9.20. The maximum atomic E-state index is 11.5. The zero-order valence-electron chi connectivity index (χ0n) is 12.4. The highest BCUT2D eigenvalue weighted by atomic mass is 16.5. The van der Waals surface area contributed by atoms with E-state index in [0.29, 0.717) is 19.7 Å². The number of ether oxygens (including phenoxy) is 2. The number of hydrogen-bond donors (Lipinski definition) is 2. The van der Waals surface area contributed by atoms with Crippen molar-refractivity contribution in [2.24, 2.45) is 0 Å². The smallest absolute Gasteiger partial charge is 0.315 e. The molecule has 1 rings (SSSR count). The molecule has 5 heteroatoms. The summed E-state index contributed by atoms with van der Waals surface area (Å²) in [6.45, 7) is 5.76. The van der Waals surface area contributed by atoms with Gasteiger partial charge in [-0.3, -0.25) is 0 Å². The van der Waals surface area contributed by atoms with Gasteiger partial charge in [0, 0.05) is 19.7 Å². The minimum atomic E-state index is -0.162. The average molecular weight is 280 g/mol. The van der Waals surface area contributed by atoms with Gasteiger partial charge in [-0.1, -0.05) is 12.1 Å². The third-order valence-electron chi connectivity index (χ3n) is 2.67. The Balaban J connectivity index is 2.13. The normalized spacial score (nSPS) is 10.4. The fourth-order valence-corrected chi connectivity index (χ4v) is 1.58. The van der Waals surface area contributed by atoms with Gasteiger partial charge in [-0.25, -0.2) is 4.79 Å². The first kappa shape index (κ1) is 16.3. The average Bonchev–Trinajstić information content (AvgIpc) is 2.45. The minimum Gasteiger partial charge on any atom is -0.497 e. The fourth-order valence-electron chi connectivity index (χ4n) is 1.58. The maximum Gasteiger partial charge on any atom is 0.315 e. The monoisotopic (exact) mass is 280 g/mol. The molecular formula is C15H24N2O3. The molecule has 0 heterocycles. The van der Waals surface area contributed by atoms with Crippen molar-refractivity contribution in [2.45, 2.75) is 32.9 Å². The molecule has 0 unspecified atom stereocenters. The summed E-state index contributed by atoms with van der Waals surface area (Å²) in [6, 6.07) is 7.44. The molecule has 0 aliphatic heterocycles. The van der Waals surface area contributed by atoms with Crippen molar-refractivity contribution in [2.75, 3.05) is 20.3 Å². The topological polar surface area (TPSA) is 59.6 Å². The summed E-state index contributed by atoms with van der Waals surface area (Å²) in [4.78, 5) is 11.5. The van der Waals surface area contributed by atoms with E-state index < -0.39 is 0 Å². The first-order valence-electron chi connectivity index (χ1n) is 6.88. The Morgan fingerprint density at radius 3 is 2.50 bits per heavy atom. The lowest BCUT2D eigenvalue weighted by Crippen LogP contribution is -2.35. The molecule has 0 bridgehead atoms. The molecule has 112 valence electrons. The highest BCUT2D eigenvalue weighted by Crippen LogP contribution is 2.10. The Morgan fingerprint density at radius 2 is 1.90 bits per heavy atom. The van der Waals surface area contributed by atoms with E-state index in [0.717, 1.165) is 17.7 Å². The van der Waals surface area contributed by atoms with Gasteiger partial charge in [-0.15, -0.1) is 0 Å². The van der Waals surface area contributed by atoms with Crippen LogP contribution in [0.5, 0.6) is 5.75 Å². The Labute approximate surface area is 120 Å². The van der Waals surface area contributed by atoms with E-state index in [2.05, 4.69) is 10.6 Å². The summed E-state index contributed by atoms with van der Waals surface area (Å²) < 4.78 is 10.5. The summed E-state index contributed by atoms with van der Waals surface area (Å²) in [5.74, 6) is 0.809. The highest BCUT2D eigenvalue weighted by molar-refractivity contribution is 5.73. The molecule has 0 saturated heterocycles. The van der Waals surface area contributed by atoms with Crippen LogP contribution in [-0.4, -0.2) is 32.4 Å². The maximum absolute atomic E-state index is 11.5. The highest BCUT2D eigenvalue weighted by Gasteiger charge is 2.00. The van der Waals surface area contributed by atoms with Crippen molar-refractivity contribution < 1.29 is 14.3 Å². The number of rotatable bonds is 8. The molecule has 0 aromatic heterocycles. The van der Waals surface area contributed by atoms with Crippen LogP contribution in [0.25, 0.3) is 0 Å². The largest absolute Gasteiger partial charge is 0.497 e.